The van der Waals surface area contributed by atoms with Crippen molar-refractivity contribution in [3.8, 4) is 0 Å². The SMILES string of the molecule is CCC(C)(O)CC1CCCNC1=O. The number of nitrogens with one attached hydrogen (secondary N) is 1. The first-order chi connectivity index (χ1) is 6.05. The summed E-state index contributed by atoms with van der Waals surface area (Å²) in [5.74, 6) is 0.128. The van der Waals surface area contributed by atoms with E-state index in [2.05, 4.69) is 5.32 Å². The van der Waals surface area contributed by atoms with Crippen LogP contribution >= 0.6 is 0 Å². The first-order valence-corrected chi connectivity index (χ1v) is 5.05. The van der Waals surface area contributed by atoms with Crippen molar-refractivity contribution in [1.29, 1.82) is 0 Å². The van der Waals surface area contributed by atoms with Crippen LogP contribution in [0.15, 0.2) is 0 Å². The number of hydrogen-bond acceptors (Lipinski definition) is 2. The van der Waals surface area contributed by atoms with Gasteiger partial charge in [-0.3, -0.25) is 4.79 Å². The number of rotatable bonds is 3. The van der Waals surface area contributed by atoms with Crippen LogP contribution < -0.4 is 5.32 Å². The van der Waals surface area contributed by atoms with Crippen LogP contribution in [0, 0.1) is 5.92 Å². The molecule has 1 aliphatic heterocycles. The minimum atomic E-state index is -0.681. The molecule has 0 aromatic carbocycles. The fourth-order valence-electron chi connectivity index (χ4n) is 1.71. The minimum absolute atomic E-state index is 0.0173. The van der Waals surface area contributed by atoms with Gasteiger partial charge >= 0.3 is 0 Å². The fraction of sp³-hybridized carbons (Fsp3) is 0.900. The summed E-state index contributed by atoms with van der Waals surface area (Å²) in [6.07, 6.45) is 3.25. The zero-order chi connectivity index (χ0) is 9.90. The van der Waals surface area contributed by atoms with Crippen LogP contribution in [0.4, 0.5) is 0 Å². The third-order valence-electron chi connectivity index (χ3n) is 2.85. The summed E-state index contributed by atoms with van der Waals surface area (Å²) in [5.41, 5.74) is -0.681. The summed E-state index contributed by atoms with van der Waals surface area (Å²) in [5, 5.41) is 12.6. The number of piperidine rings is 1. The number of carbonyl (C=O) groups is 1. The normalized spacial score (nSPS) is 27.9. The average Bonchev–Trinajstić information content (AvgIpc) is 2.09. The molecule has 1 rings (SSSR count). The molecule has 0 bridgehead atoms. The standard InChI is InChI=1S/C10H19NO2/c1-3-10(2,13)7-8-5-4-6-11-9(8)12/h8,13H,3-7H2,1-2H3,(H,11,12). The Morgan fingerprint density at radius 1 is 1.69 bits per heavy atom. The van der Waals surface area contributed by atoms with Crippen molar-refractivity contribution >= 4 is 5.91 Å². The van der Waals surface area contributed by atoms with E-state index in [9.17, 15) is 9.90 Å². The maximum Gasteiger partial charge on any atom is 0.223 e. The molecule has 0 radical (unpaired) electrons. The second-order valence-electron chi connectivity index (χ2n) is 4.18. The van der Waals surface area contributed by atoms with Crippen LogP contribution in [0.1, 0.15) is 39.5 Å². The van der Waals surface area contributed by atoms with E-state index in [0.29, 0.717) is 12.8 Å². The lowest BCUT2D eigenvalue weighted by Gasteiger charge is -2.29. The number of hydrogen-bond donors (Lipinski definition) is 2. The third-order valence-corrected chi connectivity index (χ3v) is 2.85. The monoisotopic (exact) mass is 185 g/mol. The van der Waals surface area contributed by atoms with Crippen molar-refractivity contribution in [2.24, 2.45) is 5.92 Å². The molecule has 0 spiro atoms. The smallest absolute Gasteiger partial charge is 0.223 e. The summed E-state index contributed by atoms with van der Waals surface area (Å²) in [6, 6.07) is 0. The molecule has 0 aromatic heterocycles. The largest absolute Gasteiger partial charge is 0.390 e. The van der Waals surface area contributed by atoms with E-state index in [1.54, 1.807) is 6.92 Å². The van der Waals surface area contributed by atoms with E-state index >= 15 is 0 Å². The van der Waals surface area contributed by atoms with Crippen molar-refractivity contribution in [2.45, 2.75) is 45.1 Å². The molecular weight excluding hydrogens is 166 g/mol. The van der Waals surface area contributed by atoms with E-state index in [4.69, 9.17) is 0 Å². The van der Waals surface area contributed by atoms with Crippen molar-refractivity contribution in [2.75, 3.05) is 6.54 Å². The zero-order valence-corrected chi connectivity index (χ0v) is 8.47. The zero-order valence-electron chi connectivity index (χ0n) is 8.47. The van der Waals surface area contributed by atoms with E-state index in [1.165, 1.54) is 0 Å². The van der Waals surface area contributed by atoms with Gasteiger partial charge in [-0.1, -0.05) is 6.92 Å². The van der Waals surface area contributed by atoms with Gasteiger partial charge < -0.3 is 10.4 Å². The minimum Gasteiger partial charge on any atom is -0.390 e. The van der Waals surface area contributed by atoms with Gasteiger partial charge in [0, 0.05) is 12.5 Å². The third kappa shape index (κ3) is 2.99. The lowest BCUT2D eigenvalue weighted by atomic mass is 9.85. The van der Waals surface area contributed by atoms with E-state index in [1.807, 2.05) is 6.92 Å². The topological polar surface area (TPSA) is 49.3 Å². The Kier molecular flexibility index (Phi) is 3.31. The molecule has 2 atom stereocenters. The quantitative estimate of drug-likeness (QED) is 0.691. The van der Waals surface area contributed by atoms with Crippen LogP contribution in [0.25, 0.3) is 0 Å². The van der Waals surface area contributed by atoms with Gasteiger partial charge in [-0.2, -0.15) is 0 Å². The van der Waals surface area contributed by atoms with Crippen molar-refractivity contribution in [1.82, 2.24) is 5.32 Å². The first kappa shape index (κ1) is 10.5. The molecule has 13 heavy (non-hydrogen) atoms. The van der Waals surface area contributed by atoms with E-state index in [0.717, 1.165) is 19.4 Å². The second-order valence-corrected chi connectivity index (χ2v) is 4.18. The maximum atomic E-state index is 11.4. The Bertz CT molecular complexity index is 189. The van der Waals surface area contributed by atoms with Crippen molar-refractivity contribution in [3.05, 3.63) is 0 Å². The molecule has 76 valence electrons. The fourth-order valence-corrected chi connectivity index (χ4v) is 1.71. The summed E-state index contributed by atoms with van der Waals surface area (Å²) in [4.78, 5) is 11.4. The highest BCUT2D eigenvalue weighted by Gasteiger charge is 2.29. The molecule has 2 N–H and O–H groups in total. The lowest BCUT2D eigenvalue weighted by molar-refractivity contribution is -0.129. The Labute approximate surface area is 79.5 Å². The summed E-state index contributed by atoms with van der Waals surface area (Å²) in [6.45, 7) is 4.54. The highest BCUT2D eigenvalue weighted by atomic mass is 16.3. The van der Waals surface area contributed by atoms with Crippen LogP contribution in [0.2, 0.25) is 0 Å². The first-order valence-electron chi connectivity index (χ1n) is 5.05. The molecule has 1 amide bonds. The molecule has 3 heteroatoms. The van der Waals surface area contributed by atoms with Gasteiger partial charge in [-0.15, -0.1) is 0 Å². The summed E-state index contributed by atoms with van der Waals surface area (Å²) < 4.78 is 0. The number of aliphatic hydroxyl groups is 1. The molecule has 0 saturated carbocycles. The van der Waals surface area contributed by atoms with Gasteiger partial charge in [0.05, 0.1) is 5.60 Å². The van der Waals surface area contributed by atoms with Gasteiger partial charge in [0.25, 0.3) is 0 Å². The van der Waals surface area contributed by atoms with Crippen LogP contribution in [0.5, 0.6) is 0 Å². The molecule has 1 aliphatic rings. The highest BCUT2D eigenvalue weighted by molar-refractivity contribution is 5.79. The molecule has 0 aromatic rings. The Hall–Kier alpha value is -0.570. The van der Waals surface area contributed by atoms with Crippen molar-refractivity contribution < 1.29 is 9.90 Å². The average molecular weight is 185 g/mol. The van der Waals surface area contributed by atoms with Crippen LogP contribution in [-0.4, -0.2) is 23.2 Å². The molecule has 2 unspecified atom stereocenters. The van der Waals surface area contributed by atoms with Gasteiger partial charge in [0.15, 0.2) is 0 Å². The molecule has 0 aliphatic carbocycles. The van der Waals surface area contributed by atoms with E-state index < -0.39 is 5.60 Å². The van der Waals surface area contributed by atoms with Crippen LogP contribution in [-0.2, 0) is 4.79 Å². The molecular formula is C10H19NO2. The predicted octanol–water partition coefficient (Wildman–Crippen LogP) is 1.06. The Morgan fingerprint density at radius 3 is 2.92 bits per heavy atom. The van der Waals surface area contributed by atoms with Gasteiger partial charge in [0.1, 0.15) is 0 Å². The molecule has 3 nitrogen and oxygen atoms in total. The predicted molar refractivity (Wildman–Crippen MR) is 51.3 cm³/mol. The van der Waals surface area contributed by atoms with Gasteiger partial charge in [-0.25, -0.2) is 0 Å². The second kappa shape index (κ2) is 4.09. The Morgan fingerprint density at radius 2 is 2.38 bits per heavy atom. The van der Waals surface area contributed by atoms with E-state index in [-0.39, 0.29) is 11.8 Å². The maximum absolute atomic E-state index is 11.4. The molecule has 1 fully saturated rings. The molecule has 1 heterocycles. The Balaban J connectivity index is 2.47. The summed E-state index contributed by atoms with van der Waals surface area (Å²) >= 11 is 0. The van der Waals surface area contributed by atoms with Gasteiger partial charge in [-0.05, 0) is 32.6 Å². The molecule has 1 saturated heterocycles. The van der Waals surface area contributed by atoms with Crippen molar-refractivity contribution in [3.63, 3.8) is 0 Å². The number of amides is 1. The number of carbonyl (C=O) groups excluding carboxylic acids is 1. The van der Waals surface area contributed by atoms with Gasteiger partial charge in [0.2, 0.25) is 5.91 Å². The van der Waals surface area contributed by atoms with Crippen LogP contribution in [0.3, 0.4) is 0 Å². The lowest BCUT2D eigenvalue weighted by Crippen LogP contribution is -2.40. The summed E-state index contributed by atoms with van der Waals surface area (Å²) in [7, 11) is 0. The highest BCUT2D eigenvalue weighted by Crippen LogP contribution is 2.25.